The van der Waals surface area contributed by atoms with Gasteiger partial charge in [-0.3, -0.25) is 5.32 Å². The molecule has 0 saturated carbocycles. The normalized spacial score (nSPS) is 25.6. The highest BCUT2D eigenvalue weighted by atomic mass is 16.6. The van der Waals surface area contributed by atoms with Crippen LogP contribution in [0.25, 0.3) is 11.1 Å². The summed E-state index contributed by atoms with van der Waals surface area (Å²) in [5.41, 5.74) is 2.87. The van der Waals surface area contributed by atoms with Crippen molar-refractivity contribution in [1.29, 1.82) is 0 Å². The summed E-state index contributed by atoms with van der Waals surface area (Å²) >= 11 is 0. The first-order valence-corrected chi connectivity index (χ1v) is 9.05. The van der Waals surface area contributed by atoms with E-state index >= 15 is 0 Å². The third-order valence-corrected chi connectivity index (χ3v) is 5.58. The molecular formula is C21H24N2O2. The van der Waals surface area contributed by atoms with E-state index in [2.05, 4.69) is 17.3 Å². The Morgan fingerprint density at radius 2 is 1.64 bits per heavy atom. The van der Waals surface area contributed by atoms with Crippen molar-refractivity contribution < 1.29 is 9.53 Å². The average molecular weight is 336 g/mol. The predicted molar refractivity (Wildman–Crippen MR) is 99.6 cm³/mol. The van der Waals surface area contributed by atoms with E-state index in [1.165, 1.54) is 12.8 Å². The molecule has 2 bridgehead atoms. The van der Waals surface area contributed by atoms with E-state index in [0.717, 1.165) is 29.7 Å². The molecule has 1 N–H and O–H groups in total. The summed E-state index contributed by atoms with van der Waals surface area (Å²) in [5.74, 6) is 0. The van der Waals surface area contributed by atoms with Crippen molar-refractivity contribution in [2.24, 2.45) is 0 Å². The lowest BCUT2D eigenvalue weighted by molar-refractivity contribution is 0.0348. The minimum absolute atomic E-state index is 0.0255. The van der Waals surface area contributed by atoms with Gasteiger partial charge in [-0.2, -0.15) is 0 Å². The molecule has 0 aromatic heterocycles. The second-order valence-electron chi connectivity index (χ2n) is 7.09. The van der Waals surface area contributed by atoms with Crippen LogP contribution >= 0.6 is 0 Å². The molecule has 4 rings (SSSR count). The number of rotatable bonds is 3. The number of fused-ring (bicyclic) bond motifs is 2. The standard InChI is InChI=1S/C21H24N2O2/c1-23-16-11-12-17(23)14-18(13-16)25-21(24)22-20-10-6-5-9-19(20)15-7-3-2-4-8-15/h2-10,16-18H,11-14H2,1H3,(H,22,24). The molecule has 1 amide bonds. The van der Waals surface area contributed by atoms with Gasteiger partial charge in [-0.15, -0.1) is 0 Å². The molecule has 2 heterocycles. The molecule has 2 aliphatic heterocycles. The molecule has 2 aromatic carbocycles. The lowest BCUT2D eigenvalue weighted by Gasteiger charge is -2.35. The third kappa shape index (κ3) is 3.40. The van der Waals surface area contributed by atoms with Gasteiger partial charge in [0.15, 0.2) is 0 Å². The molecule has 4 nitrogen and oxygen atoms in total. The number of para-hydroxylation sites is 1. The number of hydrogen-bond acceptors (Lipinski definition) is 3. The summed E-state index contributed by atoms with van der Waals surface area (Å²) in [7, 11) is 2.19. The molecule has 2 aromatic rings. The van der Waals surface area contributed by atoms with Gasteiger partial charge in [0.2, 0.25) is 0 Å². The van der Waals surface area contributed by atoms with Crippen molar-refractivity contribution in [2.45, 2.75) is 43.9 Å². The van der Waals surface area contributed by atoms with E-state index in [9.17, 15) is 4.79 Å². The first-order valence-electron chi connectivity index (χ1n) is 9.05. The van der Waals surface area contributed by atoms with E-state index < -0.39 is 0 Å². The molecule has 2 aliphatic rings. The molecule has 4 heteroatoms. The molecule has 2 fully saturated rings. The van der Waals surface area contributed by atoms with Crippen LogP contribution < -0.4 is 5.32 Å². The summed E-state index contributed by atoms with van der Waals surface area (Å²) in [5, 5.41) is 2.94. The van der Waals surface area contributed by atoms with Crippen molar-refractivity contribution in [1.82, 2.24) is 4.90 Å². The van der Waals surface area contributed by atoms with Crippen LogP contribution in [-0.4, -0.2) is 36.2 Å². The summed E-state index contributed by atoms with van der Waals surface area (Å²) in [6.45, 7) is 0. The van der Waals surface area contributed by atoms with Crippen LogP contribution in [0.4, 0.5) is 10.5 Å². The third-order valence-electron chi connectivity index (χ3n) is 5.58. The van der Waals surface area contributed by atoms with E-state index in [0.29, 0.717) is 12.1 Å². The lowest BCUT2D eigenvalue weighted by Crippen LogP contribution is -2.43. The smallest absolute Gasteiger partial charge is 0.411 e. The Morgan fingerprint density at radius 3 is 2.36 bits per heavy atom. The fourth-order valence-corrected chi connectivity index (χ4v) is 4.21. The minimum Gasteiger partial charge on any atom is -0.446 e. The predicted octanol–water partition coefficient (Wildman–Crippen LogP) is 4.53. The molecular weight excluding hydrogens is 312 g/mol. The van der Waals surface area contributed by atoms with Gasteiger partial charge in [-0.25, -0.2) is 4.79 Å². The van der Waals surface area contributed by atoms with Crippen molar-refractivity contribution in [2.75, 3.05) is 12.4 Å². The van der Waals surface area contributed by atoms with Crippen LogP contribution in [0.15, 0.2) is 54.6 Å². The Kier molecular flexibility index (Phi) is 4.45. The van der Waals surface area contributed by atoms with Gasteiger partial charge in [0.25, 0.3) is 0 Å². The van der Waals surface area contributed by atoms with Crippen molar-refractivity contribution in [3.63, 3.8) is 0 Å². The Morgan fingerprint density at radius 1 is 1.00 bits per heavy atom. The monoisotopic (exact) mass is 336 g/mol. The molecule has 0 radical (unpaired) electrons. The Hall–Kier alpha value is -2.33. The van der Waals surface area contributed by atoms with E-state index in [-0.39, 0.29) is 12.2 Å². The summed E-state index contributed by atoms with van der Waals surface area (Å²) in [4.78, 5) is 14.9. The number of nitrogens with zero attached hydrogens (tertiary/aromatic N) is 1. The number of benzene rings is 2. The largest absolute Gasteiger partial charge is 0.446 e. The summed E-state index contributed by atoms with van der Waals surface area (Å²) < 4.78 is 5.74. The fraction of sp³-hybridized carbons (Fsp3) is 0.381. The van der Waals surface area contributed by atoms with Gasteiger partial charge in [-0.05, 0) is 31.5 Å². The summed E-state index contributed by atoms with van der Waals surface area (Å²) in [6, 6.07) is 19.0. The van der Waals surface area contributed by atoms with Crippen molar-refractivity contribution in [3.8, 4) is 11.1 Å². The first kappa shape index (κ1) is 16.2. The van der Waals surface area contributed by atoms with Gasteiger partial charge in [0.05, 0.1) is 5.69 Å². The lowest BCUT2D eigenvalue weighted by atomic mass is 10.0. The number of amides is 1. The van der Waals surface area contributed by atoms with Crippen molar-refractivity contribution in [3.05, 3.63) is 54.6 Å². The number of carbonyl (C=O) groups excluding carboxylic acids is 1. The highest BCUT2D eigenvalue weighted by Gasteiger charge is 2.39. The molecule has 2 unspecified atom stereocenters. The molecule has 0 aliphatic carbocycles. The SMILES string of the molecule is CN1C2CCC1CC(OC(=O)Nc1ccccc1-c1ccccc1)C2. The minimum atomic E-state index is -0.350. The number of ether oxygens (including phenoxy) is 1. The van der Waals surface area contributed by atoms with Crippen LogP contribution in [0.1, 0.15) is 25.7 Å². The zero-order valence-electron chi connectivity index (χ0n) is 14.5. The molecule has 25 heavy (non-hydrogen) atoms. The second-order valence-corrected chi connectivity index (χ2v) is 7.09. The molecule has 2 atom stereocenters. The number of carbonyl (C=O) groups is 1. The Balaban J connectivity index is 1.44. The molecule has 2 saturated heterocycles. The summed E-state index contributed by atoms with van der Waals surface area (Å²) in [6.07, 6.45) is 4.01. The maximum Gasteiger partial charge on any atom is 0.411 e. The zero-order chi connectivity index (χ0) is 17.2. The molecule has 130 valence electrons. The first-order chi connectivity index (χ1) is 12.2. The zero-order valence-corrected chi connectivity index (χ0v) is 14.5. The fourth-order valence-electron chi connectivity index (χ4n) is 4.21. The van der Waals surface area contributed by atoms with Gasteiger partial charge < -0.3 is 9.64 Å². The van der Waals surface area contributed by atoms with Gasteiger partial charge in [0, 0.05) is 30.5 Å². The van der Waals surface area contributed by atoms with E-state index in [4.69, 9.17) is 4.74 Å². The maximum absolute atomic E-state index is 12.4. The van der Waals surface area contributed by atoms with Gasteiger partial charge >= 0.3 is 6.09 Å². The number of nitrogens with one attached hydrogen (secondary N) is 1. The highest BCUT2D eigenvalue weighted by Crippen LogP contribution is 2.35. The van der Waals surface area contributed by atoms with Crippen LogP contribution in [0, 0.1) is 0 Å². The van der Waals surface area contributed by atoms with Crippen LogP contribution in [-0.2, 0) is 4.74 Å². The van der Waals surface area contributed by atoms with Crippen molar-refractivity contribution >= 4 is 11.8 Å². The average Bonchev–Trinajstić information content (AvgIpc) is 2.83. The van der Waals surface area contributed by atoms with Gasteiger partial charge in [0.1, 0.15) is 6.10 Å². The number of piperidine rings is 1. The van der Waals surface area contributed by atoms with Crippen LogP contribution in [0.2, 0.25) is 0 Å². The van der Waals surface area contributed by atoms with Crippen LogP contribution in [0.3, 0.4) is 0 Å². The van der Waals surface area contributed by atoms with Crippen LogP contribution in [0.5, 0.6) is 0 Å². The topological polar surface area (TPSA) is 41.6 Å². The Labute approximate surface area is 148 Å². The Bertz CT molecular complexity index is 733. The molecule has 0 spiro atoms. The van der Waals surface area contributed by atoms with Gasteiger partial charge in [-0.1, -0.05) is 48.5 Å². The second kappa shape index (κ2) is 6.89. The van der Waals surface area contributed by atoms with E-state index in [1.807, 2.05) is 54.6 Å². The number of hydrogen-bond donors (Lipinski definition) is 1. The maximum atomic E-state index is 12.4. The van der Waals surface area contributed by atoms with E-state index in [1.54, 1.807) is 0 Å². The number of anilines is 1. The highest BCUT2D eigenvalue weighted by molar-refractivity contribution is 5.91. The quantitative estimate of drug-likeness (QED) is 0.895.